The molecule has 1 aromatic carbocycles. The van der Waals surface area contributed by atoms with Gasteiger partial charge in [0.25, 0.3) is 0 Å². The molecule has 1 fully saturated rings. The van der Waals surface area contributed by atoms with Gasteiger partial charge in [0.15, 0.2) is 0 Å². The molecule has 1 aromatic rings. The van der Waals surface area contributed by atoms with Crippen molar-refractivity contribution >= 4 is 11.8 Å². The highest BCUT2D eigenvalue weighted by atomic mass is 19.1. The van der Waals surface area contributed by atoms with Gasteiger partial charge in [-0.15, -0.1) is 0 Å². The van der Waals surface area contributed by atoms with Crippen LogP contribution in [0.3, 0.4) is 0 Å². The first kappa shape index (κ1) is 18.4. The Balaban J connectivity index is 2.16. The largest absolute Gasteiger partial charge is 0.385 e. The summed E-state index contributed by atoms with van der Waals surface area (Å²) in [7, 11) is 3.31. The van der Waals surface area contributed by atoms with E-state index in [1.54, 1.807) is 31.2 Å². The van der Waals surface area contributed by atoms with Crippen LogP contribution in [0.2, 0.25) is 0 Å². The normalized spacial score (nSPS) is 21.2. The van der Waals surface area contributed by atoms with E-state index in [1.165, 1.54) is 12.1 Å². The first-order valence-corrected chi connectivity index (χ1v) is 8.07. The topological polar surface area (TPSA) is 58.6 Å². The molecule has 0 aromatic heterocycles. The van der Waals surface area contributed by atoms with E-state index < -0.39 is 5.41 Å². The number of hydrogen-bond donors (Lipinski definition) is 1. The fourth-order valence-corrected chi connectivity index (χ4v) is 2.95. The Morgan fingerprint density at radius 3 is 2.58 bits per heavy atom. The second kappa shape index (κ2) is 7.30. The predicted octanol–water partition coefficient (Wildman–Crippen LogP) is 2.28. The Morgan fingerprint density at radius 2 is 2.00 bits per heavy atom. The highest BCUT2D eigenvalue weighted by Crippen LogP contribution is 2.33. The van der Waals surface area contributed by atoms with E-state index in [4.69, 9.17) is 4.74 Å². The lowest BCUT2D eigenvalue weighted by Gasteiger charge is -2.30. The standard InChI is InChI=1S/C18H25FN2O3/c1-18(2,9-10-24-4)17(23)20-14-11-15(22)21(3)16(14)12-5-7-13(19)8-6-12/h5-8,14,16H,9-11H2,1-4H3,(H,20,23)/t14-,16-/m0/s1. The van der Waals surface area contributed by atoms with Crippen LogP contribution in [0.1, 0.15) is 38.3 Å². The quantitative estimate of drug-likeness (QED) is 0.867. The Hall–Kier alpha value is -1.95. The maximum absolute atomic E-state index is 13.2. The number of benzene rings is 1. The molecule has 2 atom stereocenters. The summed E-state index contributed by atoms with van der Waals surface area (Å²) in [5.41, 5.74) is 0.220. The number of ether oxygens (including phenoxy) is 1. The predicted molar refractivity (Wildman–Crippen MR) is 88.7 cm³/mol. The lowest BCUT2D eigenvalue weighted by molar-refractivity contribution is -0.131. The molecule has 0 saturated carbocycles. The summed E-state index contributed by atoms with van der Waals surface area (Å²) in [5.74, 6) is -0.476. The van der Waals surface area contributed by atoms with Gasteiger partial charge in [-0.2, -0.15) is 0 Å². The summed E-state index contributed by atoms with van der Waals surface area (Å²) in [4.78, 5) is 26.3. The van der Waals surface area contributed by atoms with Gasteiger partial charge in [-0.05, 0) is 24.1 Å². The monoisotopic (exact) mass is 336 g/mol. The molecule has 0 aliphatic carbocycles. The second-order valence-corrected chi connectivity index (χ2v) is 6.91. The molecule has 24 heavy (non-hydrogen) atoms. The fraction of sp³-hybridized carbons (Fsp3) is 0.556. The highest BCUT2D eigenvalue weighted by Gasteiger charge is 2.41. The van der Waals surface area contributed by atoms with Gasteiger partial charge in [0.2, 0.25) is 11.8 Å². The van der Waals surface area contributed by atoms with Crippen LogP contribution in [0.5, 0.6) is 0 Å². The molecule has 1 N–H and O–H groups in total. The van der Waals surface area contributed by atoms with Gasteiger partial charge in [-0.25, -0.2) is 4.39 Å². The van der Waals surface area contributed by atoms with Gasteiger partial charge in [0.1, 0.15) is 5.82 Å². The summed E-state index contributed by atoms with van der Waals surface area (Å²) < 4.78 is 18.2. The van der Waals surface area contributed by atoms with Crippen molar-refractivity contribution in [3.8, 4) is 0 Å². The number of likely N-dealkylation sites (tertiary alicyclic amines) is 1. The zero-order chi connectivity index (χ0) is 17.9. The molecule has 1 aliphatic rings. The van der Waals surface area contributed by atoms with Crippen LogP contribution < -0.4 is 5.32 Å². The summed E-state index contributed by atoms with van der Waals surface area (Å²) >= 11 is 0. The molecule has 132 valence electrons. The Morgan fingerprint density at radius 1 is 1.38 bits per heavy atom. The van der Waals surface area contributed by atoms with Crippen molar-refractivity contribution in [2.45, 2.75) is 38.8 Å². The number of hydrogen-bond acceptors (Lipinski definition) is 3. The van der Waals surface area contributed by atoms with Gasteiger partial charge < -0.3 is 15.0 Å². The Kier molecular flexibility index (Phi) is 5.59. The number of amides is 2. The number of likely N-dealkylation sites (N-methyl/N-ethyl adjacent to an activating group) is 1. The summed E-state index contributed by atoms with van der Waals surface area (Å²) in [6, 6.07) is 5.43. The summed E-state index contributed by atoms with van der Waals surface area (Å²) in [6.45, 7) is 4.20. The molecule has 0 spiro atoms. The molecule has 6 heteroatoms. The zero-order valence-corrected chi connectivity index (χ0v) is 14.6. The van der Waals surface area contributed by atoms with E-state index in [1.807, 2.05) is 13.8 Å². The van der Waals surface area contributed by atoms with E-state index >= 15 is 0 Å². The molecule has 0 unspecified atom stereocenters. The van der Waals surface area contributed by atoms with Crippen LogP contribution >= 0.6 is 0 Å². The van der Waals surface area contributed by atoms with E-state index in [2.05, 4.69) is 5.32 Å². The number of nitrogens with one attached hydrogen (secondary N) is 1. The first-order chi connectivity index (χ1) is 11.3. The van der Waals surface area contributed by atoms with E-state index in [-0.39, 0.29) is 36.1 Å². The number of methoxy groups -OCH3 is 1. The maximum atomic E-state index is 13.2. The lowest BCUT2D eigenvalue weighted by Crippen LogP contribution is -2.45. The van der Waals surface area contributed by atoms with E-state index in [0.717, 1.165) is 5.56 Å². The molecule has 1 saturated heterocycles. The molecule has 2 amide bonds. The Bertz CT molecular complexity index is 601. The third kappa shape index (κ3) is 3.93. The highest BCUT2D eigenvalue weighted by molar-refractivity contribution is 5.85. The molecule has 1 aliphatic heterocycles. The van der Waals surface area contributed by atoms with Crippen LogP contribution in [0.4, 0.5) is 4.39 Å². The summed E-state index contributed by atoms with van der Waals surface area (Å²) in [6.07, 6.45) is 0.831. The molecular formula is C18H25FN2O3. The molecule has 2 rings (SSSR count). The molecule has 5 nitrogen and oxygen atoms in total. The first-order valence-electron chi connectivity index (χ1n) is 8.07. The number of rotatable bonds is 6. The summed E-state index contributed by atoms with van der Waals surface area (Å²) in [5, 5.41) is 3.00. The van der Waals surface area contributed by atoms with Crippen molar-refractivity contribution in [3.05, 3.63) is 35.6 Å². The van der Waals surface area contributed by atoms with Gasteiger partial charge in [-0.1, -0.05) is 26.0 Å². The zero-order valence-electron chi connectivity index (χ0n) is 14.6. The average molecular weight is 336 g/mol. The smallest absolute Gasteiger partial charge is 0.226 e. The average Bonchev–Trinajstić information content (AvgIpc) is 2.81. The maximum Gasteiger partial charge on any atom is 0.226 e. The number of nitrogens with zero attached hydrogens (tertiary/aromatic N) is 1. The molecule has 1 heterocycles. The third-order valence-corrected chi connectivity index (χ3v) is 4.66. The van der Waals surface area contributed by atoms with Crippen molar-refractivity contribution in [2.24, 2.45) is 5.41 Å². The van der Waals surface area contributed by atoms with Crippen LogP contribution in [0.15, 0.2) is 24.3 Å². The minimum absolute atomic E-state index is 0.0377. The van der Waals surface area contributed by atoms with Crippen LogP contribution in [-0.4, -0.2) is 43.5 Å². The van der Waals surface area contributed by atoms with E-state index in [0.29, 0.717) is 13.0 Å². The number of halogens is 1. The van der Waals surface area contributed by atoms with Crippen molar-refractivity contribution in [1.82, 2.24) is 10.2 Å². The Labute approximate surface area is 142 Å². The number of carbonyl (C=O) groups excluding carboxylic acids is 2. The van der Waals surface area contributed by atoms with Crippen LogP contribution in [0.25, 0.3) is 0 Å². The molecule has 0 bridgehead atoms. The van der Waals surface area contributed by atoms with E-state index in [9.17, 15) is 14.0 Å². The minimum atomic E-state index is -0.590. The fourth-order valence-electron chi connectivity index (χ4n) is 2.95. The number of carbonyl (C=O) groups is 2. The lowest BCUT2D eigenvalue weighted by atomic mass is 9.87. The van der Waals surface area contributed by atoms with Gasteiger partial charge in [-0.3, -0.25) is 9.59 Å². The minimum Gasteiger partial charge on any atom is -0.385 e. The van der Waals surface area contributed by atoms with Crippen molar-refractivity contribution in [1.29, 1.82) is 0 Å². The van der Waals surface area contributed by atoms with Crippen molar-refractivity contribution < 1.29 is 18.7 Å². The van der Waals surface area contributed by atoms with Crippen molar-refractivity contribution in [2.75, 3.05) is 20.8 Å². The van der Waals surface area contributed by atoms with Crippen molar-refractivity contribution in [3.63, 3.8) is 0 Å². The van der Waals surface area contributed by atoms with Crippen LogP contribution in [-0.2, 0) is 14.3 Å². The second-order valence-electron chi connectivity index (χ2n) is 6.91. The SMILES string of the molecule is COCCC(C)(C)C(=O)N[C@H]1CC(=O)N(C)[C@H]1c1ccc(F)cc1. The molecular weight excluding hydrogens is 311 g/mol. The van der Waals surface area contributed by atoms with Gasteiger partial charge in [0.05, 0.1) is 12.1 Å². The van der Waals surface area contributed by atoms with Gasteiger partial charge in [0, 0.05) is 32.6 Å². The van der Waals surface area contributed by atoms with Crippen LogP contribution in [0, 0.1) is 11.2 Å². The van der Waals surface area contributed by atoms with Gasteiger partial charge >= 0.3 is 0 Å². The third-order valence-electron chi connectivity index (χ3n) is 4.66. The molecule has 0 radical (unpaired) electrons.